The number of hydrogen-bond acceptors (Lipinski definition) is 0. The summed E-state index contributed by atoms with van der Waals surface area (Å²) >= 11 is 0. The van der Waals surface area contributed by atoms with E-state index in [4.69, 9.17) is 0 Å². The van der Waals surface area contributed by atoms with Crippen molar-refractivity contribution in [1.29, 1.82) is 0 Å². The summed E-state index contributed by atoms with van der Waals surface area (Å²) in [5, 5.41) is 0. The minimum Gasteiger partial charge on any atom is -0.0859 e. The van der Waals surface area contributed by atoms with Gasteiger partial charge in [0.15, 0.2) is 0 Å². The summed E-state index contributed by atoms with van der Waals surface area (Å²) < 4.78 is 0. The molecule has 0 aromatic carbocycles. The monoisotopic (exact) mass is 154 g/mol. The van der Waals surface area contributed by atoms with Gasteiger partial charge in [-0.1, -0.05) is 38.8 Å². The quantitative estimate of drug-likeness (QED) is 0.521. The van der Waals surface area contributed by atoms with Crippen molar-refractivity contribution < 1.29 is 0 Å². The van der Waals surface area contributed by atoms with Crippen molar-refractivity contribution in [2.24, 2.45) is 5.92 Å². The number of rotatable bonds is 5. The van der Waals surface area contributed by atoms with Crippen LogP contribution in [0.15, 0.2) is 11.6 Å². The molecule has 0 saturated carbocycles. The van der Waals surface area contributed by atoms with Crippen LogP contribution in [0.5, 0.6) is 0 Å². The summed E-state index contributed by atoms with van der Waals surface area (Å²) in [5.74, 6) is 0.898. The first-order valence-corrected chi connectivity index (χ1v) is 4.86. The molecule has 0 bridgehead atoms. The van der Waals surface area contributed by atoms with Crippen LogP contribution < -0.4 is 0 Å². The highest BCUT2D eigenvalue weighted by Gasteiger charge is 1.97. The third-order valence-corrected chi connectivity index (χ3v) is 2.28. The SMILES string of the molecule is CCC=C(C)CCC(C)CC. The van der Waals surface area contributed by atoms with Crippen LogP contribution >= 0.6 is 0 Å². The minimum atomic E-state index is 0.898. The summed E-state index contributed by atoms with van der Waals surface area (Å²) in [6, 6.07) is 0. The van der Waals surface area contributed by atoms with Crippen LogP contribution in [0.25, 0.3) is 0 Å². The predicted octanol–water partition coefficient (Wildman–Crippen LogP) is 4.17. The zero-order valence-electron chi connectivity index (χ0n) is 8.48. The highest BCUT2D eigenvalue weighted by Crippen LogP contribution is 2.14. The fourth-order valence-corrected chi connectivity index (χ4v) is 1.13. The maximum atomic E-state index is 2.34. The molecule has 0 saturated heterocycles. The molecule has 1 atom stereocenters. The van der Waals surface area contributed by atoms with Gasteiger partial charge in [-0.25, -0.2) is 0 Å². The Morgan fingerprint density at radius 3 is 2.45 bits per heavy atom. The van der Waals surface area contributed by atoms with E-state index in [2.05, 4.69) is 33.8 Å². The Hall–Kier alpha value is -0.260. The van der Waals surface area contributed by atoms with E-state index in [1.165, 1.54) is 25.7 Å². The molecule has 0 spiro atoms. The molecule has 0 radical (unpaired) electrons. The van der Waals surface area contributed by atoms with Gasteiger partial charge in [0.05, 0.1) is 0 Å². The fraction of sp³-hybridized carbons (Fsp3) is 0.818. The second-order valence-corrected chi connectivity index (χ2v) is 3.51. The van der Waals surface area contributed by atoms with Crippen LogP contribution in [0.2, 0.25) is 0 Å². The molecule has 0 N–H and O–H groups in total. The van der Waals surface area contributed by atoms with Crippen LogP contribution in [0.1, 0.15) is 53.4 Å². The van der Waals surface area contributed by atoms with E-state index >= 15 is 0 Å². The molecule has 0 aromatic heterocycles. The average molecular weight is 154 g/mol. The van der Waals surface area contributed by atoms with Crippen molar-refractivity contribution in [2.45, 2.75) is 53.4 Å². The lowest BCUT2D eigenvalue weighted by Crippen LogP contribution is -1.91. The zero-order chi connectivity index (χ0) is 8.69. The van der Waals surface area contributed by atoms with Crippen LogP contribution in [0.3, 0.4) is 0 Å². The summed E-state index contributed by atoms with van der Waals surface area (Å²) in [6.07, 6.45) is 7.50. The van der Waals surface area contributed by atoms with Crippen molar-refractivity contribution in [2.75, 3.05) is 0 Å². The standard InChI is InChI=1S/C11H22/c1-5-7-11(4)9-8-10(3)6-2/h7,10H,5-6,8-9H2,1-4H3. The second kappa shape index (κ2) is 6.45. The fourth-order valence-electron chi connectivity index (χ4n) is 1.13. The van der Waals surface area contributed by atoms with E-state index < -0.39 is 0 Å². The van der Waals surface area contributed by atoms with Gasteiger partial charge in [-0.05, 0) is 32.1 Å². The summed E-state index contributed by atoms with van der Waals surface area (Å²) in [5.41, 5.74) is 1.56. The van der Waals surface area contributed by atoms with Gasteiger partial charge < -0.3 is 0 Å². The molecule has 0 amide bonds. The molecule has 0 aliphatic carbocycles. The van der Waals surface area contributed by atoms with E-state index in [9.17, 15) is 0 Å². The summed E-state index contributed by atoms with van der Waals surface area (Å²) in [6.45, 7) is 9.04. The molecule has 1 unspecified atom stereocenters. The highest BCUT2D eigenvalue weighted by atomic mass is 14.0. The molecule has 0 heteroatoms. The first kappa shape index (κ1) is 10.7. The van der Waals surface area contributed by atoms with E-state index in [0.29, 0.717) is 0 Å². The van der Waals surface area contributed by atoms with Gasteiger partial charge in [0.1, 0.15) is 0 Å². The molecule has 0 aliphatic heterocycles. The third kappa shape index (κ3) is 6.15. The number of hydrogen-bond donors (Lipinski definition) is 0. The summed E-state index contributed by atoms with van der Waals surface area (Å²) in [4.78, 5) is 0. The molecule has 66 valence electrons. The second-order valence-electron chi connectivity index (χ2n) is 3.51. The van der Waals surface area contributed by atoms with E-state index in [1.54, 1.807) is 5.57 Å². The van der Waals surface area contributed by atoms with Crippen LogP contribution in [-0.2, 0) is 0 Å². The smallest absolute Gasteiger partial charge is 0.0321 e. The molecule has 0 aromatic rings. The average Bonchev–Trinajstić information content (AvgIpc) is 2.01. The lowest BCUT2D eigenvalue weighted by atomic mass is 9.99. The van der Waals surface area contributed by atoms with Gasteiger partial charge >= 0.3 is 0 Å². The van der Waals surface area contributed by atoms with E-state index in [0.717, 1.165) is 5.92 Å². The van der Waals surface area contributed by atoms with Crippen LogP contribution in [0.4, 0.5) is 0 Å². The van der Waals surface area contributed by atoms with Crippen molar-refractivity contribution >= 4 is 0 Å². The van der Waals surface area contributed by atoms with Crippen molar-refractivity contribution in [1.82, 2.24) is 0 Å². The topological polar surface area (TPSA) is 0 Å². The normalized spacial score (nSPS) is 15.1. The molecule has 0 rings (SSSR count). The van der Waals surface area contributed by atoms with Gasteiger partial charge in [-0.2, -0.15) is 0 Å². The first-order chi connectivity index (χ1) is 5.20. The van der Waals surface area contributed by atoms with E-state index in [1.807, 2.05) is 0 Å². The van der Waals surface area contributed by atoms with E-state index in [-0.39, 0.29) is 0 Å². The third-order valence-electron chi connectivity index (χ3n) is 2.28. The maximum Gasteiger partial charge on any atom is -0.0321 e. The van der Waals surface area contributed by atoms with Crippen LogP contribution in [-0.4, -0.2) is 0 Å². The van der Waals surface area contributed by atoms with Crippen molar-refractivity contribution in [3.63, 3.8) is 0 Å². The molecular formula is C11H22. The lowest BCUT2D eigenvalue weighted by molar-refractivity contribution is 0.515. The number of allylic oxidation sites excluding steroid dienone is 2. The van der Waals surface area contributed by atoms with Crippen molar-refractivity contribution in [3.05, 3.63) is 11.6 Å². The van der Waals surface area contributed by atoms with Gasteiger partial charge in [-0.3, -0.25) is 0 Å². The maximum absolute atomic E-state index is 2.34. The highest BCUT2D eigenvalue weighted by molar-refractivity contribution is 4.97. The Labute approximate surface area is 71.7 Å². The first-order valence-electron chi connectivity index (χ1n) is 4.86. The van der Waals surface area contributed by atoms with Gasteiger partial charge in [0.2, 0.25) is 0 Å². The lowest BCUT2D eigenvalue weighted by Gasteiger charge is -2.07. The van der Waals surface area contributed by atoms with Crippen LogP contribution in [0, 0.1) is 5.92 Å². The molecular weight excluding hydrogens is 132 g/mol. The Morgan fingerprint density at radius 2 is 2.00 bits per heavy atom. The van der Waals surface area contributed by atoms with Gasteiger partial charge in [0, 0.05) is 0 Å². The Balaban J connectivity index is 3.45. The largest absolute Gasteiger partial charge is 0.0859 e. The molecule has 11 heavy (non-hydrogen) atoms. The molecule has 0 aliphatic rings. The van der Waals surface area contributed by atoms with Crippen molar-refractivity contribution in [3.8, 4) is 0 Å². The zero-order valence-corrected chi connectivity index (χ0v) is 8.48. The minimum absolute atomic E-state index is 0.898. The Bertz CT molecular complexity index is 111. The van der Waals surface area contributed by atoms with Gasteiger partial charge in [-0.15, -0.1) is 0 Å². The predicted molar refractivity (Wildman–Crippen MR) is 52.7 cm³/mol. The Morgan fingerprint density at radius 1 is 1.36 bits per heavy atom. The summed E-state index contributed by atoms with van der Waals surface area (Å²) in [7, 11) is 0. The molecule has 0 fully saturated rings. The Kier molecular flexibility index (Phi) is 6.30. The van der Waals surface area contributed by atoms with Gasteiger partial charge in [0.25, 0.3) is 0 Å². The molecule has 0 nitrogen and oxygen atoms in total. The molecule has 0 heterocycles.